The van der Waals surface area contributed by atoms with Crippen LogP contribution in [-0.4, -0.2) is 16.5 Å². The van der Waals surface area contributed by atoms with Crippen LogP contribution in [0.25, 0.3) is 0 Å². The molecule has 122 valence electrons. The molecular weight excluding hydrogens is 312 g/mol. The summed E-state index contributed by atoms with van der Waals surface area (Å²) in [6.45, 7) is 0. The summed E-state index contributed by atoms with van der Waals surface area (Å²) in [5.74, 6) is 1.38. The first-order valence-corrected chi connectivity index (χ1v) is 9.38. The lowest BCUT2D eigenvalue weighted by molar-refractivity contribution is 0.246. The molecule has 2 N–H and O–H groups in total. The van der Waals surface area contributed by atoms with Crippen LogP contribution in [0.5, 0.6) is 0 Å². The Balaban J connectivity index is 1.68. The molecule has 1 aliphatic rings. The Hall–Kier alpha value is -2.08. The first-order valence-electron chi connectivity index (χ1n) is 7.65. The van der Waals surface area contributed by atoms with Crippen LogP contribution in [0.3, 0.4) is 0 Å². The SMILES string of the molecule is CS(=O)Cc1ccccc1NC(=O)NC1CCCc2occc21. The summed E-state index contributed by atoms with van der Waals surface area (Å²) in [5.41, 5.74) is 2.63. The van der Waals surface area contributed by atoms with Gasteiger partial charge < -0.3 is 15.1 Å². The molecule has 2 atom stereocenters. The number of carbonyl (C=O) groups is 1. The highest BCUT2D eigenvalue weighted by atomic mass is 32.2. The third-order valence-electron chi connectivity index (χ3n) is 3.98. The largest absolute Gasteiger partial charge is 0.469 e. The smallest absolute Gasteiger partial charge is 0.319 e. The number of fused-ring (bicyclic) bond motifs is 1. The van der Waals surface area contributed by atoms with Gasteiger partial charge in [-0.3, -0.25) is 4.21 Å². The lowest BCUT2D eigenvalue weighted by Gasteiger charge is -2.23. The molecule has 1 aromatic carbocycles. The summed E-state index contributed by atoms with van der Waals surface area (Å²) in [5, 5.41) is 5.88. The van der Waals surface area contributed by atoms with E-state index in [0.717, 1.165) is 36.1 Å². The predicted octanol–water partition coefficient (Wildman–Crippen LogP) is 3.36. The Kier molecular flexibility index (Phi) is 4.81. The molecular formula is C17H20N2O3S. The van der Waals surface area contributed by atoms with Crippen LogP contribution in [0.15, 0.2) is 41.0 Å². The van der Waals surface area contributed by atoms with Crippen molar-refractivity contribution in [2.24, 2.45) is 0 Å². The van der Waals surface area contributed by atoms with E-state index in [4.69, 9.17) is 4.42 Å². The number of para-hydroxylation sites is 1. The Morgan fingerprint density at radius 2 is 2.17 bits per heavy atom. The minimum atomic E-state index is -0.956. The number of hydrogen-bond acceptors (Lipinski definition) is 3. The molecule has 0 bridgehead atoms. The van der Waals surface area contributed by atoms with Crippen molar-refractivity contribution in [1.82, 2.24) is 5.32 Å². The molecule has 0 spiro atoms. The molecule has 0 aliphatic heterocycles. The van der Waals surface area contributed by atoms with E-state index in [1.54, 1.807) is 12.5 Å². The molecule has 1 aromatic heterocycles. The minimum Gasteiger partial charge on any atom is -0.469 e. The number of benzene rings is 1. The highest BCUT2D eigenvalue weighted by molar-refractivity contribution is 7.83. The van der Waals surface area contributed by atoms with Crippen LogP contribution in [0.4, 0.5) is 10.5 Å². The molecule has 0 saturated heterocycles. The van der Waals surface area contributed by atoms with Crippen LogP contribution in [0.1, 0.15) is 35.8 Å². The van der Waals surface area contributed by atoms with Gasteiger partial charge in [0.25, 0.3) is 0 Å². The fourth-order valence-corrected chi connectivity index (χ4v) is 3.63. The number of furan rings is 1. The minimum absolute atomic E-state index is 0.0232. The molecule has 6 heteroatoms. The molecule has 0 fully saturated rings. The summed E-state index contributed by atoms with van der Waals surface area (Å²) in [6, 6.07) is 9.09. The van der Waals surface area contributed by atoms with E-state index in [2.05, 4.69) is 10.6 Å². The quantitative estimate of drug-likeness (QED) is 0.902. The molecule has 2 aromatic rings. The maximum absolute atomic E-state index is 12.3. The van der Waals surface area contributed by atoms with Crippen LogP contribution < -0.4 is 10.6 Å². The first-order chi connectivity index (χ1) is 11.1. The molecule has 23 heavy (non-hydrogen) atoms. The number of rotatable bonds is 4. The van der Waals surface area contributed by atoms with Gasteiger partial charge in [0.1, 0.15) is 5.76 Å². The summed E-state index contributed by atoms with van der Waals surface area (Å²) in [7, 11) is -0.956. The second-order valence-electron chi connectivity index (χ2n) is 5.72. The van der Waals surface area contributed by atoms with Crippen molar-refractivity contribution in [2.45, 2.75) is 31.1 Å². The molecule has 3 rings (SSSR count). The molecule has 1 aliphatic carbocycles. The number of urea groups is 1. The average molecular weight is 332 g/mol. The first kappa shape index (κ1) is 15.8. The summed E-state index contributed by atoms with van der Waals surface area (Å²) in [4.78, 5) is 12.3. The third kappa shape index (κ3) is 3.82. The number of nitrogens with one attached hydrogen (secondary N) is 2. The van der Waals surface area contributed by atoms with Gasteiger partial charge in [0, 0.05) is 34.7 Å². The summed E-state index contributed by atoms with van der Waals surface area (Å²) >= 11 is 0. The van der Waals surface area contributed by atoms with E-state index in [9.17, 15) is 9.00 Å². The standard InChI is InChI=1S/C17H20N2O3S/c1-23(21)11-12-5-2-3-6-14(12)18-17(20)19-15-7-4-8-16-13(15)9-10-22-16/h2-3,5-6,9-10,15H,4,7-8,11H2,1H3,(H2,18,19,20). The molecule has 5 nitrogen and oxygen atoms in total. The number of carbonyl (C=O) groups excluding carboxylic acids is 1. The zero-order chi connectivity index (χ0) is 16.2. The normalized spacial score (nSPS) is 18.0. The van der Waals surface area contributed by atoms with Gasteiger partial charge >= 0.3 is 6.03 Å². The van der Waals surface area contributed by atoms with Gasteiger partial charge in [-0.2, -0.15) is 0 Å². The Bertz CT molecular complexity index is 726. The fraction of sp³-hybridized carbons (Fsp3) is 0.353. The number of amides is 2. The van der Waals surface area contributed by atoms with Gasteiger partial charge in [-0.25, -0.2) is 4.79 Å². The second kappa shape index (κ2) is 7.00. The van der Waals surface area contributed by atoms with Crippen molar-refractivity contribution in [2.75, 3.05) is 11.6 Å². The van der Waals surface area contributed by atoms with Gasteiger partial charge in [-0.05, 0) is 30.5 Å². The van der Waals surface area contributed by atoms with E-state index >= 15 is 0 Å². The van der Waals surface area contributed by atoms with Crippen LogP contribution in [0.2, 0.25) is 0 Å². The molecule has 0 saturated carbocycles. The van der Waals surface area contributed by atoms with Crippen LogP contribution >= 0.6 is 0 Å². The lowest BCUT2D eigenvalue weighted by atomic mass is 9.93. The lowest BCUT2D eigenvalue weighted by Crippen LogP contribution is -2.34. The van der Waals surface area contributed by atoms with E-state index in [0.29, 0.717) is 11.4 Å². The average Bonchev–Trinajstić information content (AvgIpc) is 2.98. The van der Waals surface area contributed by atoms with Crippen molar-refractivity contribution < 1.29 is 13.4 Å². The van der Waals surface area contributed by atoms with Crippen molar-refractivity contribution in [3.05, 3.63) is 53.5 Å². The van der Waals surface area contributed by atoms with Crippen molar-refractivity contribution in [3.8, 4) is 0 Å². The van der Waals surface area contributed by atoms with Crippen LogP contribution in [0, 0.1) is 0 Å². The highest BCUT2D eigenvalue weighted by Gasteiger charge is 2.24. The van der Waals surface area contributed by atoms with Gasteiger partial charge in [-0.15, -0.1) is 0 Å². The predicted molar refractivity (Wildman–Crippen MR) is 90.8 cm³/mol. The zero-order valence-electron chi connectivity index (χ0n) is 13.0. The Labute approximate surface area is 137 Å². The molecule has 0 radical (unpaired) electrons. The summed E-state index contributed by atoms with van der Waals surface area (Å²) < 4.78 is 16.9. The van der Waals surface area contributed by atoms with E-state index in [1.165, 1.54) is 0 Å². The van der Waals surface area contributed by atoms with Gasteiger partial charge in [-0.1, -0.05) is 18.2 Å². The Morgan fingerprint density at radius 3 is 3.00 bits per heavy atom. The van der Waals surface area contributed by atoms with Crippen molar-refractivity contribution in [1.29, 1.82) is 0 Å². The second-order valence-corrected chi connectivity index (χ2v) is 7.15. The van der Waals surface area contributed by atoms with Gasteiger partial charge in [0.15, 0.2) is 0 Å². The topological polar surface area (TPSA) is 71.3 Å². The monoisotopic (exact) mass is 332 g/mol. The van der Waals surface area contributed by atoms with E-state index < -0.39 is 10.8 Å². The van der Waals surface area contributed by atoms with Crippen molar-refractivity contribution in [3.63, 3.8) is 0 Å². The third-order valence-corrected chi connectivity index (χ3v) is 4.70. The van der Waals surface area contributed by atoms with E-state index in [-0.39, 0.29) is 12.1 Å². The fourth-order valence-electron chi connectivity index (χ4n) is 2.94. The molecule has 2 unspecified atom stereocenters. The number of hydrogen-bond donors (Lipinski definition) is 2. The number of anilines is 1. The van der Waals surface area contributed by atoms with Crippen molar-refractivity contribution >= 4 is 22.5 Å². The van der Waals surface area contributed by atoms with Crippen LogP contribution in [-0.2, 0) is 23.0 Å². The van der Waals surface area contributed by atoms with Gasteiger partial charge in [0.05, 0.1) is 18.1 Å². The molecule has 1 heterocycles. The number of aryl methyl sites for hydroxylation is 1. The summed E-state index contributed by atoms with van der Waals surface area (Å²) in [6.07, 6.45) is 6.15. The highest BCUT2D eigenvalue weighted by Crippen LogP contribution is 2.30. The van der Waals surface area contributed by atoms with E-state index in [1.807, 2.05) is 30.3 Å². The van der Waals surface area contributed by atoms with Gasteiger partial charge in [0.2, 0.25) is 0 Å². The zero-order valence-corrected chi connectivity index (χ0v) is 13.8. The maximum Gasteiger partial charge on any atom is 0.319 e. The Morgan fingerprint density at radius 1 is 1.35 bits per heavy atom. The molecule has 2 amide bonds. The maximum atomic E-state index is 12.3.